The maximum atomic E-state index is 4.55. The van der Waals surface area contributed by atoms with Gasteiger partial charge in [-0.15, -0.1) is 0 Å². The molecule has 0 aliphatic carbocycles. The topological polar surface area (TPSA) is 29.9 Å². The fourth-order valence-corrected chi connectivity index (χ4v) is 3.34. The highest BCUT2D eigenvalue weighted by Crippen LogP contribution is 2.33. The first-order chi connectivity index (χ1) is 10.4. The van der Waals surface area contributed by atoms with E-state index in [2.05, 4.69) is 57.3 Å². The third kappa shape index (κ3) is 2.24. The zero-order valence-corrected chi connectivity index (χ0v) is 12.0. The van der Waals surface area contributed by atoms with Crippen molar-refractivity contribution in [1.29, 1.82) is 0 Å². The minimum Gasteiger partial charge on any atom is -0.336 e. The van der Waals surface area contributed by atoms with Gasteiger partial charge < -0.3 is 9.88 Å². The number of hydrogen-bond donors (Lipinski definition) is 1. The van der Waals surface area contributed by atoms with Gasteiger partial charge in [-0.3, -0.25) is 4.98 Å². The summed E-state index contributed by atoms with van der Waals surface area (Å²) in [5.41, 5.74) is 4.91. The molecule has 0 unspecified atom stereocenters. The quantitative estimate of drug-likeness (QED) is 0.775. The fraction of sp³-hybridized carbons (Fsp3) is 0.278. The average Bonchev–Trinajstić information content (AvgIpc) is 2.96. The second kappa shape index (κ2) is 5.34. The van der Waals surface area contributed by atoms with Crippen LogP contribution < -0.4 is 5.32 Å². The van der Waals surface area contributed by atoms with Crippen LogP contribution >= 0.6 is 0 Å². The molecule has 0 spiro atoms. The Kier molecular flexibility index (Phi) is 3.20. The van der Waals surface area contributed by atoms with E-state index in [-0.39, 0.29) is 0 Å². The monoisotopic (exact) mass is 277 g/mol. The molecule has 3 heterocycles. The van der Waals surface area contributed by atoms with Gasteiger partial charge in [0.15, 0.2) is 0 Å². The minimum atomic E-state index is 0.558. The highest BCUT2D eigenvalue weighted by molar-refractivity contribution is 5.84. The number of benzene rings is 1. The van der Waals surface area contributed by atoms with Gasteiger partial charge in [-0.1, -0.05) is 30.3 Å². The standard InChI is InChI=1S/C18H19N3/c1-2-5-14(6-3-1)18-13-16-17(7-4-10-20-16)21(18)15-8-11-19-12-9-15/h1-7,10,13,15,19H,8-9,11-12H2. The number of hydrogen-bond acceptors (Lipinski definition) is 2. The molecule has 1 aliphatic heterocycles. The van der Waals surface area contributed by atoms with Crippen molar-refractivity contribution in [3.05, 3.63) is 54.7 Å². The average molecular weight is 277 g/mol. The van der Waals surface area contributed by atoms with Gasteiger partial charge >= 0.3 is 0 Å². The normalized spacial score (nSPS) is 16.4. The van der Waals surface area contributed by atoms with Crippen LogP contribution in [-0.2, 0) is 0 Å². The Labute approximate surface area is 124 Å². The summed E-state index contributed by atoms with van der Waals surface area (Å²) in [4.78, 5) is 4.55. The van der Waals surface area contributed by atoms with Crippen LogP contribution in [0.3, 0.4) is 0 Å². The third-order valence-electron chi connectivity index (χ3n) is 4.35. The molecule has 3 aromatic rings. The highest BCUT2D eigenvalue weighted by atomic mass is 15.1. The second-order valence-electron chi connectivity index (χ2n) is 5.65. The molecular weight excluding hydrogens is 258 g/mol. The fourth-order valence-electron chi connectivity index (χ4n) is 3.34. The molecule has 1 aliphatic rings. The molecule has 3 nitrogen and oxygen atoms in total. The van der Waals surface area contributed by atoms with E-state index in [4.69, 9.17) is 0 Å². The lowest BCUT2D eigenvalue weighted by atomic mass is 10.0. The van der Waals surface area contributed by atoms with E-state index in [0.717, 1.165) is 18.6 Å². The summed E-state index contributed by atoms with van der Waals surface area (Å²) in [6.45, 7) is 2.19. The van der Waals surface area contributed by atoms with E-state index in [0.29, 0.717) is 6.04 Å². The molecule has 1 saturated heterocycles. The first-order valence-electron chi connectivity index (χ1n) is 7.65. The lowest BCUT2D eigenvalue weighted by molar-refractivity contribution is 0.378. The van der Waals surface area contributed by atoms with Gasteiger partial charge in [-0.25, -0.2) is 0 Å². The van der Waals surface area contributed by atoms with E-state index in [9.17, 15) is 0 Å². The first kappa shape index (κ1) is 12.6. The molecule has 0 amide bonds. The molecule has 2 aromatic heterocycles. The molecule has 0 radical (unpaired) electrons. The molecule has 0 bridgehead atoms. The summed E-state index contributed by atoms with van der Waals surface area (Å²) in [6, 6.07) is 17.7. The van der Waals surface area contributed by atoms with Gasteiger partial charge in [0, 0.05) is 12.2 Å². The Balaban J connectivity index is 1.92. The smallest absolute Gasteiger partial charge is 0.0887 e. The van der Waals surface area contributed by atoms with E-state index in [1.807, 2.05) is 12.3 Å². The predicted octanol–water partition coefficient (Wildman–Crippen LogP) is 3.63. The van der Waals surface area contributed by atoms with Crippen LogP contribution in [-0.4, -0.2) is 22.6 Å². The molecule has 3 heteroatoms. The molecule has 0 saturated carbocycles. The Bertz CT molecular complexity index is 740. The first-order valence-corrected chi connectivity index (χ1v) is 7.65. The summed E-state index contributed by atoms with van der Waals surface area (Å²) in [5.74, 6) is 0. The van der Waals surface area contributed by atoms with Gasteiger partial charge in [0.2, 0.25) is 0 Å². The van der Waals surface area contributed by atoms with Crippen LogP contribution in [0.5, 0.6) is 0 Å². The van der Waals surface area contributed by atoms with Crippen molar-refractivity contribution in [2.45, 2.75) is 18.9 Å². The van der Waals surface area contributed by atoms with Crippen molar-refractivity contribution >= 4 is 11.0 Å². The van der Waals surface area contributed by atoms with E-state index in [1.54, 1.807) is 0 Å². The van der Waals surface area contributed by atoms with E-state index >= 15 is 0 Å². The van der Waals surface area contributed by atoms with E-state index in [1.165, 1.54) is 29.6 Å². The lowest BCUT2D eigenvalue weighted by Gasteiger charge is -2.27. The number of nitrogens with one attached hydrogen (secondary N) is 1. The zero-order valence-electron chi connectivity index (χ0n) is 12.0. The van der Waals surface area contributed by atoms with Gasteiger partial charge in [0.1, 0.15) is 0 Å². The Morgan fingerprint density at radius 1 is 1.00 bits per heavy atom. The van der Waals surface area contributed by atoms with Crippen LogP contribution in [0, 0.1) is 0 Å². The van der Waals surface area contributed by atoms with Crippen molar-refractivity contribution < 1.29 is 0 Å². The molecule has 1 aromatic carbocycles. The van der Waals surface area contributed by atoms with Crippen molar-refractivity contribution in [2.75, 3.05) is 13.1 Å². The maximum absolute atomic E-state index is 4.55. The van der Waals surface area contributed by atoms with Crippen LogP contribution in [0.2, 0.25) is 0 Å². The van der Waals surface area contributed by atoms with Crippen LogP contribution in [0.25, 0.3) is 22.3 Å². The summed E-state index contributed by atoms with van der Waals surface area (Å²) in [6.07, 6.45) is 4.24. The number of pyridine rings is 1. The minimum absolute atomic E-state index is 0.558. The highest BCUT2D eigenvalue weighted by Gasteiger charge is 2.20. The van der Waals surface area contributed by atoms with Crippen molar-refractivity contribution in [3.8, 4) is 11.3 Å². The number of piperidine rings is 1. The lowest BCUT2D eigenvalue weighted by Crippen LogP contribution is -2.29. The van der Waals surface area contributed by atoms with Gasteiger partial charge in [-0.05, 0) is 49.7 Å². The number of aromatic nitrogens is 2. The van der Waals surface area contributed by atoms with Gasteiger partial charge in [0.05, 0.1) is 16.7 Å². The van der Waals surface area contributed by atoms with Crippen molar-refractivity contribution in [1.82, 2.24) is 14.9 Å². The Morgan fingerprint density at radius 3 is 2.62 bits per heavy atom. The summed E-state index contributed by atoms with van der Waals surface area (Å²) in [7, 11) is 0. The number of rotatable bonds is 2. The molecule has 1 N–H and O–H groups in total. The molecule has 4 rings (SSSR count). The largest absolute Gasteiger partial charge is 0.336 e. The predicted molar refractivity (Wildman–Crippen MR) is 86.3 cm³/mol. The van der Waals surface area contributed by atoms with E-state index < -0.39 is 0 Å². The number of fused-ring (bicyclic) bond motifs is 1. The zero-order chi connectivity index (χ0) is 14.1. The van der Waals surface area contributed by atoms with Crippen molar-refractivity contribution in [3.63, 3.8) is 0 Å². The summed E-state index contributed by atoms with van der Waals surface area (Å²) < 4.78 is 2.50. The third-order valence-corrected chi connectivity index (χ3v) is 4.35. The molecule has 21 heavy (non-hydrogen) atoms. The summed E-state index contributed by atoms with van der Waals surface area (Å²) in [5, 5.41) is 3.46. The Morgan fingerprint density at radius 2 is 1.81 bits per heavy atom. The number of nitrogens with zero attached hydrogens (tertiary/aromatic N) is 2. The van der Waals surface area contributed by atoms with Gasteiger partial charge in [0.25, 0.3) is 0 Å². The second-order valence-corrected chi connectivity index (χ2v) is 5.65. The van der Waals surface area contributed by atoms with Crippen LogP contribution in [0.4, 0.5) is 0 Å². The van der Waals surface area contributed by atoms with Gasteiger partial charge in [-0.2, -0.15) is 0 Å². The molecule has 0 atom stereocenters. The molecule has 1 fully saturated rings. The summed E-state index contributed by atoms with van der Waals surface area (Å²) >= 11 is 0. The SMILES string of the molecule is c1ccc(-c2cc3ncccc3n2C2CCNCC2)cc1. The van der Waals surface area contributed by atoms with Crippen molar-refractivity contribution in [2.24, 2.45) is 0 Å². The van der Waals surface area contributed by atoms with Crippen LogP contribution in [0.15, 0.2) is 54.7 Å². The Hall–Kier alpha value is -2.13. The molecular formula is C18H19N3. The maximum Gasteiger partial charge on any atom is 0.0887 e. The molecule has 106 valence electrons. The van der Waals surface area contributed by atoms with Crippen LogP contribution in [0.1, 0.15) is 18.9 Å².